The lowest BCUT2D eigenvalue weighted by molar-refractivity contribution is -0.384. The van der Waals surface area contributed by atoms with E-state index in [9.17, 15) is 29.2 Å². The molecule has 0 radical (unpaired) electrons. The van der Waals surface area contributed by atoms with Gasteiger partial charge in [0.05, 0.1) is 23.6 Å². The van der Waals surface area contributed by atoms with E-state index < -0.39 is 34.2 Å². The Bertz CT molecular complexity index is 1130. The summed E-state index contributed by atoms with van der Waals surface area (Å²) in [5.41, 5.74) is -0.199. The summed E-state index contributed by atoms with van der Waals surface area (Å²) in [6.07, 6.45) is 0.530. The number of aliphatic hydroxyl groups excluding tert-OH is 1. The van der Waals surface area contributed by atoms with Crippen LogP contribution in [0.5, 0.6) is 5.75 Å². The van der Waals surface area contributed by atoms with Gasteiger partial charge in [0.2, 0.25) is 0 Å². The fourth-order valence-corrected chi connectivity index (χ4v) is 3.79. The quantitative estimate of drug-likeness (QED) is 0.213. The summed E-state index contributed by atoms with van der Waals surface area (Å²) in [5.74, 6) is -3.15. The summed E-state index contributed by atoms with van der Waals surface area (Å²) in [5, 5.41) is 22.3. The minimum absolute atomic E-state index is 0.0185. The molecule has 1 amide bonds. The maximum Gasteiger partial charge on any atom is 0.295 e. The summed E-state index contributed by atoms with van der Waals surface area (Å²) in [7, 11) is 5.02. The molecular formula is C23H24FN3O6. The lowest BCUT2D eigenvalue weighted by Crippen LogP contribution is -2.32. The van der Waals surface area contributed by atoms with Gasteiger partial charge >= 0.3 is 0 Å². The average molecular weight is 457 g/mol. The molecule has 1 heterocycles. The smallest absolute Gasteiger partial charge is 0.295 e. The van der Waals surface area contributed by atoms with Crippen molar-refractivity contribution in [3.05, 3.63) is 75.1 Å². The molecule has 1 aliphatic rings. The Morgan fingerprint density at radius 2 is 1.97 bits per heavy atom. The van der Waals surface area contributed by atoms with E-state index in [-0.39, 0.29) is 29.1 Å². The van der Waals surface area contributed by atoms with E-state index in [1.807, 2.05) is 19.0 Å². The van der Waals surface area contributed by atoms with Crippen molar-refractivity contribution in [3.8, 4) is 5.75 Å². The number of ketones is 1. The average Bonchev–Trinajstić information content (AvgIpc) is 3.03. The van der Waals surface area contributed by atoms with Crippen molar-refractivity contribution in [1.82, 2.24) is 9.80 Å². The summed E-state index contributed by atoms with van der Waals surface area (Å²) >= 11 is 0. The van der Waals surface area contributed by atoms with Crippen LogP contribution in [0.25, 0.3) is 5.76 Å². The highest BCUT2D eigenvalue weighted by molar-refractivity contribution is 6.46. The van der Waals surface area contributed by atoms with Crippen LogP contribution in [0.3, 0.4) is 0 Å². The fraction of sp³-hybridized carbons (Fsp3) is 0.304. The summed E-state index contributed by atoms with van der Waals surface area (Å²) in [6, 6.07) is 8.14. The van der Waals surface area contributed by atoms with E-state index in [0.717, 1.165) is 6.07 Å². The molecule has 9 nitrogen and oxygen atoms in total. The van der Waals surface area contributed by atoms with E-state index >= 15 is 0 Å². The first-order valence-corrected chi connectivity index (χ1v) is 10.2. The van der Waals surface area contributed by atoms with Crippen LogP contribution in [-0.4, -0.2) is 65.8 Å². The number of nitro benzene ring substituents is 1. The van der Waals surface area contributed by atoms with Crippen molar-refractivity contribution < 1.29 is 28.7 Å². The van der Waals surface area contributed by atoms with Crippen LogP contribution in [0.2, 0.25) is 0 Å². The molecule has 1 saturated heterocycles. The maximum atomic E-state index is 14.3. The van der Waals surface area contributed by atoms with Gasteiger partial charge in [0.1, 0.15) is 5.76 Å². The van der Waals surface area contributed by atoms with Gasteiger partial charge in [-0.25, -0.2) is 4.39 Å². The van der Waals surface area contributed by atoms with Crippen molar-refractivity contribution in [2.24, 2.45) is 0 Å². The number of amides is 1. The van der Waals surface area contributed by atoms with Gasteiger partial charge in [-0.1, -0.05) is 12.1 Å². The summed E-state index contributed by atoms with van der Waals surface area (Å²) in [4.78, 5) is 39.8. The third kappa shape index (κ3) is 4.85. The number of hydrogen-bond donors (Lipinski definition) is 1. The van der Waals surface area contributed by atoms with Crippen LogP contribution < -0.4 is 4.74 Å². The molecular weight excluding hydrogens is 433 g/mol. The van der Waals surface area contributed by atoms with Gasteiger partial charge in [0.25, 0.3) is 17.4 Å². The summed E-state index contributed by atoms with van der Waals surface area (Å²) in [6.45, 7) is 0.818. The monoisotopic (exact) mass is 457 g/mol. The number of likely N-dealkylation sites (tertiary alicyclic amines) is 1. The van der Waals surface area contributed by atoms with Crippen LogP contribution in [0.1, 0.15) is 23.6 Å². The van der Waals surface area contributed by atoms with Crippen LogP contribution >= 0.6 is 0 Å². The molecule has 1 N–H and O–H groups in total. The van der Waals surface area contributed by atoms with Crippen molar-refractivity contribution >= 4 is 23.1 Å². The van der Waals surface area contributed by atoms with Gasteiger partial charge < -0.3 is 19.6 Å². The Morgan fingerprint density at radius 3 is 2.58 bits per heavy atom. The minimum Gasteiger partial charge on any atom is -0.507 e. The maximum absolute atomic E-state index is 14.3. The van der Waals surface area contributed by atoms with Crippen LogP contribution in [0.4, 0.5) is 10.1 Å². The normalized spacial score (nSPS) is 17.6. The molecule has 1 unspecified atom stereocenters. The SMILES string of the molecule is COc1ccc(C(O)=C2C(=O)C(=O)N(CCCN(C)C)C2c2cccc([N+](=O)[O-])c2)cc1F. The van der Waals surface area contributed by atoms with E-state index in [2.05, 4.69) is 0 Å². The molecule has 1 aliphatic heterocycles. The van der Waals surface area contributed by atoms with E-state index in [4.69, 9.17) is 4.74 Å². The van der Waals surface area contributed by atoms with Crippen LogP contribution in [0.15, 0.2) is 48.0 Å². The zero-order valence-corrected chi connectivity index (χ0v) is 18.4. The standard InChI is InChI=1S/C23H24FN3O6/c1-25(2)10-5-11-26-20(14-6-4-7-16(12-14)27(31)32)19(22(29)23(26)30)21(28)15-8-9-18(33-3)17(24)13-15/h4,6-9,12-13,20,28H,5,10-11H2,1-3H3. The largest absolute Gasteiger partial charge is 0.507 e. The number of Topliss-reactive ketones (excluding diaryl/α,β-unsaturated/α-hetero) is 1. The lowest BCUT2D eigenvalue weighted by atomic mass is 9.95. The molecule has 0 aromatic heterocycles. The van der Waals surface area contributed by atoms with Crippen molar-refractivity contribution in [3.63, 3.8) is 0 Å². The predicted octanol–water partition coefficient (Wildman–Crippen LogP) is 3.12. The van der Waals surface area contributed by atoms with Gasteiger partial charge in [0, 0.05) is 24.2 Å². The third-order valence-electron chi connectivity index (χ3n) is 5.37. The lowest BCUT2D eigenvalue weighted by Gasteiger charge is -2.25. The molecule has 1 fully saturated rings. The van der Waals surface area contributed by atoms with Gasteiger partial charge in [-0.15, -0.1) is 0 Å². The van der Waals surface area contributed by atoms with Gasteiger partial charge in [0.15, 0.2) is 11.6 Å². The molecule has 33 heavy (non-hydrogen) atoms. The Balaban J connectivity index is 2.15. The zero-order valence-electron chi connectivity index (χ0n) is 18.4. The first kappa shape index (κ1) is 23.9. The van der Waals surface area contributed by atoms with Crippen LogP contribution in [-0.2, 0) is 9.59 Å². The molecule has 174 valence electrons. The Morgan fingerprint density at radius 1 is 1.24 bits per heavy atom. The number of hydrogen-bond acceptors (Lipinski definition) is 7. The Labute approximate surface area is 189 Å². The van der Waals surface area contributed by atoms with Crippen molar-refractivity contribution in [1.29, 1.82) is 0 Å². The molecule has 3 rings (SSSR count). The second kappa shape index (κ2) is 9.78. The molecule has 2 aromatic rings. The Hall–Kier alpha value is -3.79. The highest BCUT2D eigenvalue weighted by Gasteiger charge is 2.46. The summed E-state index contributed by atoms with van der Waals surface area (Å²) < 4.78 is 19.1. The van der Waals surface area contributed by atoms with E-state index in [1.54, 1.807) is 6.07 Å². The number of ether oxygens (including phenoxy) is 1. The predicted molar refractivity (Wildman–Crippen MR) is 118 cm³/mol. The third-order valence-corrected chi connectivity index (χ3v) is 5.37. The molecule has 10 heteroatoms. The fourth-order valence-electron chi connectivity index (χ4n) is 3.79. The molecule has 0 aliphatic carbocycles. The number of rotatable bonds is 8. The van der Waals surface area contributed by atoms with Gasteiger partial charge in [-0.3, -0.25) is 19.7 Å². The van der Waals surface area contributed by atoms with Crippen molar-refractivity contribution in [2.45, 2.75) is 12.5 Å². The first-order chi connectivity index (χ1) is 15.6. The molecule has 1 atom stereocenters. The second-order valence-electron chi connectivity index (χ2n) is 7.85. The molecule has 0 saturated carbocycles. The van der Waals surface area contributed by atoms with Crippen LogP contribution in [0, 0.1) is 15.9 Å². The van der Waals surface area contributed by atoms with Gasteiger partial charge in [-0.2, -0.15) is 0 Å². The highest BCUT2D eigenvalue weighted by atomic mass is 19.1. The number of aliphatic hydroxyl groups is 1. The number of nitrogens with zero attached hydrogens (tertiary/aromatic N) is 3. The number of benzene rings is 2. The zero-order chi connectivity index (χ0) is 24.3. The van der Waals surface area contributed by atoms with Gasteiger partial charge in [-0.05, 0) is 50.8 Å². The number of carbonyl (C=O) groups is 2. The number of halogens is 1. The van der Waals surface area contributed by atoms with E-state index in [0.29, 0.717) is 18.5 Å². The topological polar surface area (TPSA) is 113 Å². The number of non-ortho nitro benzene ring substituents is 1. The Kier molecular flexibility index (Phi) is 7.07. The second-order valence-corrected chi connectivity index (χ2v) is 7.85. The highest BCUT2D eigenvalue weighted by Crippen LogP contribution is 2.40. The van der Waals surface area contributed by atoms with E-state index in [1.165, 1.54) is 42.3 Å². The first-order valence-electron chi connectivity index (χ1n) is 10.2. The van der Waals surface area contributed by atoms with Crippen molar-refractivity contribution in [2.75, 3.05) is 34.3 Å². The number of nitro groups is 1. The number of methoxy groups -OCH3 is 1. The molecule has 0 bridgehead atoms. The minimum atomic E-state index is -1.06. The molecule has 2 aromatic carbocycles. The molecule has 0 spiro atoms. The number of carbonyl (C=O) groups excluding carboxylic acids is 2.